The molecule has 0 saturated heterocycles. The molecule has 0 bridgehead atoms. The van der Waals surface area contributed by atoms with Crippen LogP contribution in [0.2, 0.25) is 0 Å². The molecule has 2 aromatic rings. The third-order valence-electron chi connectivity index (χ3n) is 4.84. The third-order valence-corrected chi connectivity index (χ3v) is 4.84. The zero-order valence-corrected chi connectivity index (χ0v) is 16.6. The maximum atomic E-state index is 12.0. The average molecular weight is 412 g/mol. The van der Waals surface area contributed by atoms with E-state index in [1.807, 2.05) is 36.4 Å². The zero-order valence-electron chi connectivity index (χ0n) is 16.6. The lowest BCUT2D eigenvalue weighted by molar-refractivity contribution is -0.142. The molecule has 1 aliphatic carbocycles. The molecule has 1 atom stereocenters. The molecule has 30 heavy (non-hydrogen) atoms. The Kier molecular flexibility index (Phi) is 7.03. The molecule has 1 aliphatic rings. The van der Waals surface area contributed by atoms with Gasteiger partial charge in [0.1, 0.15) is 19.3 Å². The number of amides is 2. The minimum Gasteiger partial charge on any atom is -0.480 e. The van der Waals surface area contributed by atoms with Crippen LogP contribution in [0.1, 0.15) is 24.0 Å². The Balaban J connectivity index is 1.40. The fourth-order valence-electron chi connectivity index (χ4n) is 3.38. The van der Waals surface area contributed by atoms with Crippen LogP contribution < -0.4 is 10.6 Å². The van der Waals surface area contributed by atoms with E-state index in [1.165, 1.54) is 6.92 Å². The average Bonchev–Trinajstić information content (AvgIpc) is 3.05. The molecule has 2 aromatic carbocycles. The second kappa shape index (κ2) is 9.89. The Morgan fingerprint density at radius 1 is 1.03 bits per heavy atom. The summed E-state index contributed by atoms with van der Waals surface area (Å²) in [5.74, 6) is -1.68. The molecule has 0 fully saturated rings. The zero-order chi connectivity index (χ0) is 21.5. The number of hydrogen-bond acceptors (Lipinski definition) is 5. The van der Waals surface area contributed by atoms with Gasteiger partial charge in [0, 0.05) is 12.5 Å². The fraction of sp³-hybridized carbons (Fsp3) is 0.318. The van der Waals surface area contributed by atoms with Crippen molar-refractivity contribution in [3.8, 4) is 11.1 Å². The summed E-state index contributed by atoms with van der Waals surface area (Å²) in [5.41, 5.74) is 4.59. The van der Waals surface area contributed by atoms with Crippen molar-refractivity contribution >= 4 is 18.0 Å². The Morgan fingerprint density at radius 2 is 1.63 bits per heavy atom. The van der Waals surface area contributed by atoms with E-state index in [2.05, 4.69) is 22.8 Å². The SMILES string of the molecule is C[C@@H](NC(=O)COCCNC(=O)OCC1c2ccccc2-c2ccccc21)C(=O)O. The van der Waals surface area contributed by atoms with Crippen molar-refractivity contribution in [3.63, 3.8) is 0 Å². The smallest absolute Gasteiger partial charge is 0.407 e. The minimum atomic E-state index is -1.12. The van der Waals surface area contributed by atoms with Gasteiger partial charge < -0.3 is 25.2 Å². The van der Waals surface area contributed by atoms with E-state index in [9.17, 15) is 14.4 Å². The summed E-state index contributed by atoms with van der Waals surface area (Å²) >= 11 is 0. The van der Waals surface area contributed by atoms with Crippen LogP contribution in [0, 0.1) is 0 Å². The van der Waals surface area contributed by atoms with E-state index in [1.54, 1.807) is 0 Å². The number of carbonyl (C=O) groups is 3. The summed E-state index contributed by atoms with van der Waals surface area (Å²) in [6.45, 7) is 1.55. The molecular weight excluding hydrogens is 388 g/mol. The second-order valence-corrected chi connectivity index (χ2v) is 6.93. The van der Waals surface area contributed by atoms with Crippen molar-refractivity contribution in [3.05, 3.63) is 59.7 Å². The van der Waals surface area contributed by atoms with Crippen LogP contribution in [0.25, 0.3) is 11.1 Å². The predicted octanol–water partition coefficient (Wildman–Crippen LogP) is 2.13. The molecule has 3 rings (SSSR count). The molecule has 2 amide bonds. The molecule has 0 unspecified atom stereocenters. The molecule has 0 heterocycles. The molecular formula is C22H24N2O6. The highest BCUT2D eigenvalue weighted by Gasteiger charge is 2.28. The van der Waals surface area contributed by atoms with Crippen LogP contribution >= 0.6 is 0 Å². The number of nitrogens with one attached hydrogen (secondary N) is 2. The number of hydrogen-bond donors (Lipinski definition) is 3. The van der Waals surface area contributed by atoms with Gasteiger partial charge in [-0.1, -0.05) is 48.5 Å². The summed E-state index contributed by atoms with van der Waals surface area (Å²) in [7, 11) is 0. The highest BCUT2D eigenvalue weighted by Crippen LogP contribution is 2.44. The standard InChI is InChI=1S/C22H24N2O6/c1-14(21(26)27)24-20(25)13-29-11-10-23-22(28)30-12-19-17-8-4-2-6-15(17)16-7-3-5-9-18(16)19/h2-9,14,19H,10-13H2,1H3,(H,23,28)(H,24,25)(H,26,27)/t14-/m1/s1. The number of alkyl carbamates (subject to hydrolysis) is 1. The summed E-state index contributed by atoms with van der Waals surface area (Å²) < 4.78 is 10.5. The third kappa shape index (κ3) is 5.15. The van der Waals surface area contributed by atoms with Gasteiger partial charge >= 0.3 is 12.1 Å². The Bertz CT molecular complexity index is 884. The lowest BCUT2D eigenvalue weighted by Crippen LogP contribution is -2.40. The predicted molar refractivity (Wildman–Crippen MR) is 109 cm³/mol. The monoisotopic (exact) mass is 412 g/mol. The van der Waals surface area contributed by atoms with Gasteiger partial charge in [-0.05, 0) is 29.2 Å². The van der Waals surface area contributed by atoms with Gasteiger partial charge in [0.25, 0.3) is 0 Å². The summed E-state index contributed by atoms with van der Waals surface area (Å²) in [6, 6.07) is 15.2. The van der Waals surface area contributed by atoms with Gasteiger partial charge in [-0.2, -0.15) is 0 Å². The van der Waals surface area contributed by atoms with Gasteiger partial charge in [-0.25, -0.2) is 4.79 Å². The van der Waals surface area contributed by atoms with Crippen molar-refractivity contribution in [1.29, 1.82) is 0 Å². The van der Waals surface area contributed by atoms with Crippen molar-refractivity contribution in [2.75, 3.05) is 26.4 Å². The lowest BCUT2D eigenvalue weighted by atomic mass is 9.98. The Hall–Kier alpha value is -3.39. The van der Waals surface area contributed by atoms with Crippen LogP contribution in [0.15, 0.2) is 48.5 Å². The lowest BCUT2D eigenvalue weighted by Gasteiger charge is -2.14. The second-order valence-electron chi connectivity index (χ2n) is 6.93. The van der Waals surface area contributed by atoms with E-state index < -0.39 is 24.0 Å². The number of fused-ring (bicyclic) bond motifs is 3. The van der Waals surface area contributed by atoms with Crippen molar-refractivity contribution in [2.45, 2.75) is 18.9 Å². The summed E-state index contributed by atoms with van der Waals surface area (Å²) in [6.07, 6.45) is -0.565. The van der Waals surface area contributed by atoms with Gasteiger partial charge in [0.05, 0.1) is 6.61 Å². The number of benzene rings is 2. The Morgan fingerprint density at radius 3 is 2.23 bits per heavy atom. The summed E-state index contributed by atoms with van der Waals surface area (Å²) in [5, 5.41) is 13.6. The quantitative estimate of drug-likeness (QED) is 0.544. The highest BCUT2D eigenvalue weighted by atomic mass is 16.5. The first-order valence-electron chi connectivity index (χ1n) is 9.66. The van der Waals surface area contributed by atoms with Crippen molar-refractivity contribution in [1.82, 2.24) is 10.6 Å². The van der Waals surface area contributed by atoms with Crippen LogP contribution in [-0.2, 0) is 19.1 Å². The van der Waals surface area contributed by atoms with Crippen LogP contribution in [0.5, 0.6) is 0 Å². The number of rotatable bonds is 9. The van der Waals surface area contributed by atoms with Crippen molar-refractivity contribution < 1.29 is 29.0 Å². The van der Waals surface area contributed by atoms with Gasteiger partial charge in [0.15, 0.2) is 0 Å². The number of carboxylic acids is 1. The molecule has 0 saturated carbocycles. The maximum Gasteiger partial charge on any atom is 0.407 e. The first-order chi connectivity index (χ1) is 14.5. The van der Waals surface area contributed by atoms with E-state index in [0.717, 1.165) is 22.3 Å². The Labute approximate surface area is 174 Å². The number of aliphatic carboxylic acids is 1. The van der Waals surface area contributed by atoms with E-state index in [-0.39, 0.29) is 32.3 Å². The van der Waals surface area contributed by atoms with E-state index in [4.69, 9.17) is 14.6 Å². The van der Waals surface area contributed by atoms with Gasteiger partial charge in [-0.3, -0.25) is 9.59 Å². The van der Waals surface area contributed by atoms with Crippen LogP contribution in [0.4, 0.5) is 4.79 Å². The molecule has 0 aliphatic heterocycles. The largest absolute Gasteiger partial charge is 0.480 e. The molecule has 0 radical (unpaired) electrons. The number of ether oxygens (including phenoxy) is 2. The first kappa shape index (κ1) is 21.3. The first-order valence-corrected chi connectivity index (χ1v) is 9.66. The molecule has 0 spiro atoms. The normalized spacial score (nSPS) is 13.1. The molecule has 3 N–H and O–H groups in total. The van der Waals surface area contributed by atoms with E-state index >= 15 is 0 Å². The van der Waals surface area contributed by atoms with E-state index in [0.29, 0.717) is 0 Å². The van der Waals surface area contributed by atoms with Crippen LogP contribution in [0.3, 0.4) is 0 Å². The summed E-state index contributed by atoms with van der Waals surface area (Å²) in [4.78, 5) is 34.2. The molecule has 158 valence electrons. The minimum absolute atomic E-state index is 0.0145. The topological polar surface area (TPSA) is 114 Å². The maximum absolute atomic E-state index is 12.0. The highest BCUT2D eigenvalue weighted by molar-refractivity contribution is 5.83. The fourth-order valence-corrected chi connectivity index (χ4v) is 3.38. The van der Waals surface area contributed by atoms with Gasteiger partial charge in [0.2, 0.25) is 5.91 Å². The molecule has 8 nitrogen and oxygen atoms in total. The van der Waals surface area contributed by atoms with Crippen molar-refractivity contribution in [2.24, 2.45) is 0 Å². The van der Waals surface area contributed by atoms with Gasteiger partial charge in [-0.15, -0.1) is 0 Å². The molecule has 0 aromatic heterocycles. The molecule has 8 heteroatoms. The van der Waals surface area contributed by atoms with Crippen LogP contribution in [-0.4, -0.2) is 55.5 Å². The number of carbonyl (C=O) groups excluding carboxylic acids is 2. The number of carboxylic acid groups (broad SMARTS) is 1.